The molecule has 2 aliphatic rings. The smallest absolute Gasteiger partial charge is 0.0594 e. The second-order valence-corrected chi connectivity index (χ2v) is 6.49. The van der Waals surface area contributed by atoms with Crippen molar-refractivity contribution in [3.8, 4) is 0 Å². The van der Waals surface area contributed by atoms with Crippen LogP contribution in [0.2, 0.25) is 0 Å². The van der Waals surface area contributed by atoms with Crippen molar-refractivity contribution in [1.29, 1.82) is 0 Å². The first kappa shape index (κ1) is 15.0. The Morgan fingerprint density at radius 1 is 1.14 bits per heavy atom. The summed E-state index contributed by atoms with van der Waals surface area (Å²) in [5, 5.41) is 0. The number of morpholine rings is 1. The molecular weight excluding hydrogens is 260 g/mol. The average Bonchev–Trinajstić information content (AvgIpc) is 3.03. The third-order valence-corrected chi connectivity index (χ3v) is 5.06. The number of ether oxygens (including phenoxy) is 1. The van der Waals surface area contributed by atoms with Gasteiger partial charge in [-0.15, -0.1) is 0 Å². The quantitative estimate of drug-likeness (QED) is 0.828. The fourth-order valence-corrected chi connectivity index (χ4v) is 3.58. The first-order valence-electron chi connectivity index (χ1n) is 8.42. The van der Waals surface area contributed by atoms with Crippen LogP contribution in [0.3, 0.4) is 0 Å². The molecule has 0 radical (unpaired) electrons. The Morgan fingerprint density at radius 3 is 2.67 bits per heavy atom. The molecule has 3 rings (SSSR count). The van der Waals surface area contributed by atoms with E-state index in [0.29, 0.717) is 5.92 Å². The molecule has 1 aromatic rings. The maximum absolute atomic E-state index is 5.46. The average molecular weight is 288 g/mol. The fraction of sp³-hybridized carbons (Fsp3) is 0.667. The molecule has 0 bridgehead atoms. The Morgan fingerprint density at radius 2 is 1.90 bits per heavy atom. The molecule has 2 aliphatic heterocycles. The van der Waals surface area contributed by atoms with E-state index in [0.717, 1.165) is 32.3 Å². The summed E-state index contributed by atoms with van der Waals surface area (Å²) in [5.74, 6) is 0.661. The SMILES string of the molecule is CC(CCN1CCC(N2CCOCC2)C1)c1ccccc1. The molecule has 0 aliphatic carbocycles. The van der Waals surface area contributed by atoms with Crippen LogP contribution in [0, 0.1) is 0 Å². The minimum atomic E-state index is 0.661. The Labute approximate surface area is 128 Å². The molecular formula is C18H28N2O. The van der Waals surface area contributed by atoms with Crippen LogP contribution in [-0.4, -0.2) is 61.8 Å². The highest BCUT2D eigenvalue weighted by Crippen LogP contribution is 2.22. The van der Waals surface area contributed by atoms with Crippen LogP contribution in [0.1, 0.15) is 31.2 Å². The van der Waals surface area contributed by atoms with Crippen LogP contribution in [0.15, 0.2) is 30.3 Å². The monoisotopic (exact) mass is 288 g/mol. The lowest BCUT2D eigenvalue weighted by Crippen LogP contribution is -2.44. The van der Waals surface area contributed by atoms with Crippen molar-refractivity contribution in [3.05, 3.63) is 35.9 Å². The first-order valence-corrected chi connectivity index (χ1v) is 8.42. The topological polar surface area (TPSA) is 15.7 Å². The van der Waals surface area contributed by atoms with Crippen LogP contribution < -0.4 is 0 Å². The van der Waals surface area contributed by atoms with Crippen molar-refractivity contribution in [3.63, 3.8) is 0 Å². The number of hydrogen-bond acceptors (Lipinski definition) is 3. The number of hydrogen-bond donors (Lipinski definition) is 0. The van der Waals surface area contributed by atoms with E-state index in [-0.39, 0.29) is 0 Å². The van der Waals surface area contributed by atoms with Gasteiger partial charge in [-0.05, 0) is 37.4 Å². The van der Waals surface area contributed by atoms with E-state index in [1.807, 2.05) is 0 Å². The van der Waals surface area contributed by atoms with Crippen LogP contribution >= 0.6 is 0 Å². The predicted octanol–water partition coefficient (Wildman–Crippen LogP) is 2.59. The Balaban J connectivity index is 1.42. The molecule has 2 fully saturated rings. The van der Waals surface area contributed by atoms with Crippen LogP contribution in [0.25, 0.3) is 0 Å². The van der Waals surface area contributed by atoms with E-state index in [9.17, 15) is 0 Å². The minimum Gasteiger partial charge on any atom is -0.379 e. The third kappa shape index (κ3) is 4.06. The number of benzene rings is 1. The van der Waals surface area contributed by atoms with Gasteiger partial charge in [0.25, 0.3) is 0 Å². The van der Waals surface area contributed by atoms with Gasteiger partial charge in [-0.25, -0.2) is 0 Å². The van der Waals surface area contributed by atoms with Crippen molar-refractivity contribution in [1.82, 2.24) is 9.80 Å². The van der Waals surface area contributed by atoms with Gasteiger partial charge in [-0.3, -0.25) is 4.90 Å². The van der Waals surface area contributed by atoms with Gasteiger partial charge in [-0.2, -0.15) is 0 Å². The minimum absolute atomic E-state index is 0.661. The number of rotatable bonds is 5. The van der Waals surface area contributed by atoms with Gasteiger partial charge in [0.15, 0.2) is 0 Å². The van der Waals surface area contributed by atoms with E-state index in [1.165, 1.54) is 38.0 Å². The van der Waals surface area contributed by atoms with Gasteiger partial charge < -0.3 is 9.64 Å². The molecule has 21 heavy (non-hydrogen) atoms. The molecule has 2 heterocycles. The summed E-state index contributed by atoms with van der Waals surface area (Å²) >= 11 is 0. The molecule has 116 valence electrons. The lowest BCUT2D eigenvalue weighted by Gasteiger charge is -2.32. The Hall–Kier alpha value is -0.900. The van der Waals surface area contributed by atoms with Crippen LogP contribution in [-0.2, 0) is 4.74 Å². The van der Waals surface area contributed by atoms with E-state index in [2.05, 4.69) is 47.1 Å². The van der Waals surface area contributed by atoms with Gasteiger partial charge in [-0.1, -0.05) is 37.3 Å². The maximum atomic E-state index is 5.46. The molecule has 0 saturated carbocycles. The van der Waals surface area contributed by atoms with E-state index >= 15 is 0 Å². The van der Waals surface area contributed by atoms with E-state index in [1.54, 1.807) is 0 Å². The summed E-state index contributed by atoms with van der Waals surface area (Å²) in [6.45, 7) is 10.2. The molecule has 2 atom stereocenters. The molecule has 0 spiro atoms. The lowest BCUT2D eigenvalue weighted by atomic mass is 9.98. The molecule has 0 N–H and O–H groups in total. The van der Waals surface area contributed by atoms with Gasteiger partial charge in [0.2, 0.25) is 0 Å². The normalized spacial score (nSPS) is 26.0. The fourth-order valence-electron chi connectivity index (χ4n) is 3.58. The van der Waals surface area contributed by atoms with Gasteiger partial charge in [0.1, 0.15) is 0 Å². The molecule has 2 unspecified atom stereocenters. The summed E-state index contributed by atoms with van der Waals surface area (Å²) in [6, 6.07) is 11.7. The highest BCUT2D eigenvalue weighted by molar-refractivity contribution is 5.18. The van der Waals surface area contributed by atoms with Gasteiger partial charge in [0, 0.05) is 25.7 Å². The summed E-state index contributed by atoms with van der Waals surface area (Å²) in [6.07, 6.45) is 2.60. The number of nitrogens with zero attached hydrogens (tertiary/aromatic N) is 2. The lowest BCUT2D eigenvalue weighted by molar-refractivity contribution is 0.0185. The zero-order chi connectivity index (χ0) is 14.5. The second kappa shape index (κ2) is 7.39. The summed E-state index contributed by atoms with van der Waals surface area (Å²) in [7, 11) is 0. The van der Waals surface area contributed by atoms with E-state index in [4.69, 9.17) is 4.74 Å². The van der Waals surface area contributed by atoms with Crippen molar-refractivity contribution >= 4 is 0 Å². The van der Waals surface area contributed by atoms with Gasteiger partial charge in [0.05, 0.1) is 13.2 Å². The largest absolute Gasteiger partial charge is 0.379 e. The Kier molecular flexibility index (Phi) is 5.28. The standard InChI is InChI=1S/C18H28N2O/c1-16(17-5-3-2-4-6-17)7-9-19-10-8-18(15-19)20-11-13-21-14-12-20/h2-6,16,18H,7-15H2,1H3. The molecule has 0 aromatic heterocycles. The van der Waals surface area contributed by atoms with Gasteiger partial charge >= 0.3 is 0 Å². The molecule has 3 nitrogen and oxygen atoms in total. The molecule has 0 amide bonds. The Bertz CT molecular complexity index is 416. The summed E-state index contributed by atoms with van der Waals surface area (Å²) < 4.78 is 5.46. The first-order chi connectivity index (χ1) is 10.3. The zero-order valence-corrected chi connectivity index (χ0v) is 13.2. The zero-order valence-electron chi connectivity index (χ0n) is 13.2. The number of likely N-dealkylation sites (tertiary alicyclic amines) is 1. The second-order valence-electron chi connectivity index (χ2n) is 6.49. The summed E-state index contributed by atoms with van der Waals surface area (Å²) in [4.78, 5) is 5.28. The van der Waals surface area contributed by atoms with E-state index < -0.39 is 0 Å². The van der Waals surface area contributed by atoms with Crippen molar-refractivity contribution < 1.29 is 4.74 Å². The summed E-state index contributed by atoms with van der Waals surface area (Å²) in [5.41, 5.74) is 1.47. The molecule has 1 aromatic carbocycles. The molecule has 2 saturated heterocycles. The van der Waals surface area contributed by atoms with Crippen molar-refractivity contribution in [2.24, 2.45) is 0 Å². The molecule has 3 heteroatoms. The third-order valence-electron chi connectivity index (χ3n) is 5.06. The predicted molar refractivity (Wildman–Crippen MR) is 86.7 cm³/mol. The van der Waals surface area contributed by atoms with Crippen LogP contribution in [0.4, 0.5) is 0 Å². The van der Waals surface area contributed by atoms with Crippen molar-refractivity contribution in [2.75, 3.05) is 45.9 Å². The van der Waals surface area contributed by atoms with Crippen molar-refractivity contribution in [2.45, 2.75) is 31.7 Å². The maximum Gasteiger partial charge on any atom is 0.0594 e. The highest BCUT2D eigenvalue weighted by Gasteiger charge is 2.28. The van der Waals surface area contributed by atoms with Crippen LogP contribution in [0.5, 0.6) is 0 Å². The highest BCUT2D eigenvalue weighted by atomic mass is 16.5.